The van der Waals surface area contributed by atoms with Gasteiger partial charge in [0.15, 0.2) is 0 Å². The number of rotatable bonds is 6. The smallest absolute Gasteiger partial charge is 0.125 e. The third-order valence-corrected chi connectivity index (χ3v) is 7.34. The Hall–Kier alpha value is -1.91. The van der Waals surface area contributed by atoms with E-state index in [9.17, 15) is 5.11 Å². The maximum atomic E-state index is 11.3. The van der Waals surface area contributed by atoms with E-state index in [1.165, 1.54) is 12.0 Å². The topological polar surface area (TPSA) is 48.4 Å². The minimum Gasteiger partial charge on any atom is -0.390 e. The van der Waals surface area contributed by atoms with Gasteiger partial charge >= 0.3 is 0 Å². The van der Waals surface area contributed by atoms with E-state index in [0.29, 0.717) is 0 Å². The van der Waals surface area contributed by atoms with Crippen LogP contribution in [0.3, 0.4) is 0 Å². The molecule has 4 heteroatoms. The molecule has 0 radical (unpaired) electrons. The molecule has 0 bridgehead atoms. The molecular weight excluding hydrogens is 358 g/mol. The first-order valence-electron chi connectivity index (χ1n) is 11.1. The lowest BCUT2D eigenvalue weighted by atomic mass is 9.65. The van der Waals surface area contributed by atoms with Gasteiger partial charge in [0.05, 0.1) is 5.60 Å². The van der Waals surface area contributed by atoms with Crippen LogP contribution >= 0.6 is 0 Å². The summed E-state index contributed by atoms with van der Waals surface area (Å²) < 4.78 is 0. The predicted molar refractivity (Wildman–Crippen MR) is 119 cm³/mol. The summed E-state index contributed by atoms with van der Waals surface area (Å²) in [5, 5.41) is 14.7. The van der Waals surface area contributed by atoms with Gasteiger partial charge in [0, 0.05) is 36.8 Å². The quantitative estimate of drug-likeness (QED) is 0.704. The Bertz CT molecular complexity index is 798. The third-order valence-electron chi connectivity index (χ3n) is 7.34. The summed E-state index contributed by atoms with van der Waals surface area (Å²) >= 11 is 0. The van der Waals surface area contributed by atoms with E-state index in [1.54, 1.807) is 6.20 Å². The second-order valence-corrected chi connectivity index (χ2v) is 9.74. The molecule has 1 aromatic carbocycles. The van der Waals surface area contributed by atoms with Crippen LogP contribution in [0.5, 0.6) is 0 Å². The van der Waals surface area contributed by atoms with Gasteiger partial charge in [-0.1, -0.05) is 43.3 Å². The second kappa shape index (κ2) is 8.08. The highest BCUT2D eigenvalue weighted by Crippen LogP contribution is 2.47. The van der Waals surface area contributed by atoms with E-state index >= 15 is 0 Å². The molecule has 2 aliphatic rings. The SMILES string of the molecule is CC1(c2ccccc2)CCC2(C)CC(O)(CCCNc3ccccn3)CCN2C1. The molecule has 156 valence electrons. The molecule has 2 aromatic rings. The Labute approximate surface area is 175 Å². The van der Waals surface area contributed by atoms with Gasteiger partial charge in [-0.2, -0.15) is 0 Å². The number of nitrogens with zero attached hydrogens (tertiary/aromatic N) is 2. The van der Waals surface area contributed by atoms with Crippen molar-refractivity contribution >= 4 is 5.82 Å². The molecule has 4 rings (SSSR count). The molecule has 0 saturated carbocycles. The highest BCUT2D eigenvalue weighted by Gasteiger charge is 2.50. The van der Waals surface area contributed by atoms with Crippen molar-refractivity contribution in [1.82, 2.24) is 9.88 Å². The molecule has 1 aromatic heterocycles. The molecule has 0 spiro atoms. The second-order valence-electron chi connectivity index (χ2n) is 9.74. The van der Waals surface area contributed by atoms with Crippen molar-refractivity contribution in [3.8, 4) is 0 Å². The Kier molecular flexibility index (Phi) is 5.67. The number of fused-ring (bicyclic) bond motifs is 1. The molecule has 0 aliphatic carbocycles. The number of benzene rings is 1. The summed E-state index contributed by atoms with van der Waals surface area (Å²) in [6.45, 7) is 7.71. The Morgan fingerprint density at radius 1 is 1.03 bits per heavy atom. The zero-order chi connectivity index (χ0) is 20.4. The van der Waals surface area contributed by atoms with Gasteiger partial charge in [0.2, 0.25) is 0 Å². The highest BCUT2D eigenvalue weighted by molar-refractivity contribution is 5.32. The fraction of sp³-hybridized carbons (Fsp3) is 0.560. The summed E-state index contributed by atoms with van der Waals surface area (Å²) in [6, 6.07) is 16.9. The normalized spacial score (nSPS) is 32.5. The Balaban J connectivity index is 1.33. The molecule has 3 atom stereocenters. The number of piperidine rings is 2. The molecule has 29 heavy (non-hydrogen) atoms. The number of pyridine rings is 1. The Morgan fingerprint density at radius 2 is 1.83 bits per heavy atom. The van der Waals surface area contributed by atoms with E-state index in [4.69, 9.17) is 0 Å². The first-order chi connectivity index (χ1) is 13.9. The van der Waals surface area contributed by atoms with Crippen LogP contribution in [0.2, 0.25) is 0 Å². The number of aromatic nitrogens is 1. The summed E-state index contributed by atoms with van der Waals surface area (Å²) in [4.78, 5) is 6.96. The summed E-state index contributed by atoms with van der Waals surface area (Å²) in [5.74, 6) is 0.911. The number of aliphatic hydroxyl groups is 1. The van der Waals surface area contributed by atoms with Crippen LogP contribution in [0.25, 0.3) is 0 Å². The minimum atomic E-state index is -0.544. The van der Waals surface area contributed by atoms with Crippen molar-refractivity contribution in [2.45, 2.75) is 68.9 Å². The van der Waals surface area contributed by atoms with Crippen LogP contribution in [-0.4, -0.2) is 45.8 Å². The van der Waals surface area contributed by atoms with Gasteiger partial charge < -0.3 is 10.4 Å². The van der Waals surface area contributed by atoms with Crippen molar-refractivity contribution in [3.05, 3.63) is 60.3 Å². The summed E-state index contributed by atoms with van der Waals surface area (Å²) in [6.07, 6.45) is 7.70. The van der Waals surface area contributed by atoms with E-state index < -0.39 is 5.60 Å². The van der Waals surface area contributed by atoms with Gasteiger partial charge in [-0.25, -0.2) is 4.98 Å². The Morgan fingerprint density at radius 3 is 2.59 bits per heavy atom. The minimum absolute atomic E-state index is 0.107. The lowest BCUT2D eigenvalue weighted by Crippen LogP contribution is -2.63. The zero-order valence-electron chi connectivity index (χ0n) is 17.9. The lowest BCUT2D eigenvalue weighted by molar-refractivity contribution is -0.110. The molecular formula is C25H35N3O. The van der Waals surface area contributed by atoms with Crippen molar-refractivity contribution in [1.29, 1.82) is 0 Å². The monoisotopic (exact) mass is 393 g/mol. The molecule has 2 aliphatic heterocycles. The number of nitrogens with one attached hydrogen (secondary N) is 1. The van der Waals surface area contributed by atoms with E-state index in [2.05, 4.69) is 59.4 Å². The first-order valence-corrected chi connectivity index (χ1v) is 11.1. The first kappa shape index (κ1) is 20.4. The number of hydrogen-bond acceptors (Lipinski definition) is 4. The van der Waals surface area contributed by atoms with Crippen molar-refractivity contribution in [2.75, 3.05) is 25.0 Å². The molecule has 3 unspecified atom stereocenters. The van der Waals surface area contributed by atoms with Crippen molar-refractivity contribution < 1.29 is 5.11 Å². The summed E-state index contributed by atoms with van der Waals surface area (Å²) in [5.41, 5.74) is 1.22. The summed E-state index contributed by atoms with van der Waals surface area (Å²) in [7, 11) is 0. The highest BCUT2D eigenvalue weighted by atomic mass is 16.3. The van der Waals surface area contributed by atoms with E-state index in [1.807, 2.05) is 18.2 Å². The van der Waals surface area contributed by atoms with Crippen LogP contribution in [-0.2, 0) is 5.41 Å². The van der Waals surface area contributed by atoms with Gasteiger partial charge in [-0.15, -0.1) is 0 Å². The molecule has 2 N–H and O–H groups in total. The number of hydrogen-bond donors (Lipinski definition) is 2. The van der Waals surface area contributed by atoms with Crippen LogP contribution in [0.15, 0.2) is 54.7 Å². The van der Waals surface area contributed by atoms with Crippen LogP contribution in [0.1, 0.15) is 57.9 Å². The molecule has 2 saturated heterocycles. The predicted octanol–water partition coefficient (Wildman–Crippen LogP) is 4.61. The largest absolute Gasteiger partial charge is 0.390 e. The molecule has 4 nitrogen and oxygen atoms in total. The van der Waals surface area contributed by atoms with Crippen LogP contribution in [0, 0.1) is 0 Å². The average molecular weight is 394 g/mol. The molecule has 3 heterocycles. The van der Waals surface area contributed by atoms with Crippen molar-refractivity contribution in [3.63, 3.8) is 0 Å². The zero-order valence-corrected chi connectivity index (χ0v) is 17.9. The maximum absolute atomic E-state index is 11.3. The number of anilines is 1. The fourth-order valence-corrected chi connectivity index (χ4v) is 5.47. The maximum Gasteiger partial charge on any atom is 0.125 e. The molecule has 0 amide bonds. The van der Waals surface area contributed by atoms with Gasteiger partial charge in [0.25, 0.3) is 0 Å². The van der Waals surface area contributed by atoms with Crippen LogP contribution in [0.4, 0.5) is 5.82 Å². The lowest BCUT2D eigenvalue weighted by Gasteiger charge is -2.57. The van der Waals surface area contributed by atoms with Gasteiger partial charge in [-0.05, 0) is 63.1 Å². The van der Waals surface area contributed by atoms with Crippen LogP contribution < -0.4 is 5.32 Å². The standard InChI is InChI=1S/C25H35N3O/c1-23(21-9-4-3-5-10-21)13-14-24(2)19-25(29,15-18-28(24)20-23)12-8-17-27-22-11-6-7-16-26-22/h3-7,9-11,16,29H,8,12-15,17-20H2,1-2H3,(H,26,27). The average Bonchev–Trinajstić information content (AvgIpc) is 2.73. The van der Waals surface area contributed by atoms with Crippen molar-refractivity contribution in [2.24, 2.45) is 0 Å². The van der Waals surface area contributed by atoms with E-state index in [-0.39, 0.29) is 11.0 Å². The molecule has 2 fully saturated rings. The van der Waals surface area contributed by atoms with E-state index in [0.717, 1.165) is 57.6 Å². The third kappa shape index (κ3) is 4.49. The fourth-order valence-electron chi connectivity index (χ4n) is 5.47. The van der Waals surface area contributed by atoms with Gasteiger partial charge in [-0.3, -0.25) is 4.90 Å². The van der Waals surface area contributed by atoms with Gasteiger partial charge in [0.1, 0.15) is 5.82 Å².